The molecular weight excluding hydrogens is 398 g/mol. The average Bonchev–Trinajstić information content (AvgIpc) is 2.80. The fourth-order valence-corrected chi connectivity index (χ4v) is 3.23. The van der Waals surface area contributed by atoms with Crippen LogP contribution in [0.25, 0.3) is 11.2 Å². The lowest BCUT2D eigenvalue weighted by molar-refractivity contribution is -0.116. The van der Waals surface area contributed by atoms with Crippen molar-refractivity contribution in [1.29, 1.82) is 0 Å². The van der Waals surface area contributed by atoms with E-state index in [4.69, 9.17) is 4.74 Å². The van der Waals surface area contributed by atoms with Crippen LogP contribution < -0.4 is 21.3 Å². The van der Waals surface area contributed by atoms with Crippen LogP contribution in [-0.2, 0) is 17.9 Å². The van der Waals surface area contributed by atoms with Gasteiger partial charge in [0.1, 0.15) is 12.3 Å². The first-order valence-electron chi connectivity index (χ1n) is 9.49. The Balaban J connectivity index is 1.76. The topological polar surface area (TPSA) is 108 Å². The number of nitrogens with one attached hydrogen (secondary N) is 1. The molecule has 0 aliphatic carbocycles. The maximum atomic E-state index is 13.2. The van der Waals surface area contributed by atoms with E-state index in [1.807, 2.05) is 6.07 Å². The molecule has 0 atom stereocenters. The van der Waals surface area contributed by atoms with Gasteiger partial charge in [-0.25, -0.2) is 14.8 Å². The fourth-order valence-electron chi connectivity index (χ4n) is 3.23. The minimum atomic E-state index is -0.649. The Morgan fingerprint density at radius 2 is 1.77 bits per heavy atom. The Kier molecular flexibility index (Phi) is 5.57. The Labute approximate surface area is 176 Å². The highest BCUT2D eigenvalue weighted by Crippen LogP contribution is 2.13. The van der Waals surface area contributed by atoms with Gasteiger partial charge in [0.05, 0.1) is 13.7 Å². The summed E-state index contributed by atoms with van der Waals surface area (Å²) in [6, 6.07) is 15.9. The highest BCUT2D eigenvalue weighted by Gasteiger charge is 2.17. The van der Waals surface area contributed by atoms with Crippen LogP contribution in [0.3, 0.4) is 0 Å². The number of carbonyl (C=O) groups is 1. The number of carbonyl (C=O) groups excluding carboxylic acids is 1. The zero-order chi connectivity index (χ0) is 21.8. The zero-order valence-electron chi connectivity index (χ0n) is 16.7. The smallest absolute Gasteiger partial charge is 0.333 e. The minimum Gasteiger partial charge on any atom is -0.497 e. The van der Waals surface area contributed by atoms with Crippen molar-refractivity contribution in [1.82, 2.24) is 19.1 Å². The van der Waals surface area contributed by atoms with Crippen LogP contribution in [0.5, 0.6) is 5.75 Å². The Hall–Kier alpha value is -4.27. The lowest BCUT2D eigenvalue weighted by Crippen LogP contribution is -2.42. The molecule has 0 fully saturated rings. The Morgan fingerprint density at radius 1 is 1.00 bits per heavy atom. The summed E-state index contributed by atoms with van der Waals surface area (Å²) in [4.78, 5) is 47.0. The van der Waals surface area contributed by atoms with Crippen LogP contribution >= 0.6 is 0 Å². The van der Waals surface area contributed by atoms with E-state index in [1.54, 1.807) is 48.5 Å². The van der Waals surface area contributed by atoms with E-state index in [0.29, 0.717) is 17.0 Å². The summed E-state index contributed by atoms with van der Waals surface area (Å²) in [6.07, 6.45) is 2.75. The third-order valence-corrected chi connectivity index (χ3v) is 4.68. The van der Waals surface area contributed by atoms with Gasteiger partial charge in [-0.3, -0.25) is 18.7 Å². The first-order valence-corrected chi connectivity index (χ1v) is 9.49. The molecule has 2 heterocycles. The van der Waals surface area contributed by atoms with Gasteiger partial charge in [-0.05, 0) is 29.8 Å². The summed E-state index contributed by atoms with van der Waals surface area (Å²) in [5.41, 5.74) is 0.141. The molecule has 0 aliphatic rings. The van der Waals surface area contributed by atoms with Gasteiger partial charge in [-0.2, -0.15) is 0 Å². The van der Waals surface area contributed by atoms with Gasteiger partial charge in [0, 0.05) is 18.1 Å². The van der Waals surface area contributed by atoms with Crippen molar-refractivity contribution < 1.29 is 9.53 Å². The molecule has 0 saturated carbocycles. The maximum absolute atomic E-state index is 13.2. The third-order valence-electron chi connectivity index (χ3n) is 4.68. The largest absolute Gasteiger partial charge is 0.497 e. The molecule has 0 radical (unpaired) electrons. The van der Waals surface area contributed by atoms with Crippen LogP contribution in [-0.4, -0.2) is 32.1 Å². The zero-order valence-corrected chi connectivity index (χ0v) is 16.7. The SMILES string of the molecule is COc1cccc(Cn2c(=O)c3nccnc3n(CC(=O)Nc3ccccc3)c2=O)c1. The summed E-state index contributed by atoms with van der Waals surface area (Å²) < 4.78 is 7.41. The second-order valence-electron chi connectivity index (χ2n) is 6.75. The predicted octanol–water partition coefficient (Wildman–Crippen LogP) is 1.65. The molecule has 4 rings (SSSR count). The van der Waals surface area contributed by atoms with E-state index in [0.717, 1.165) is 9.13 Å². The third kappa shape index (κ3) is 4.20. The Morgan fingerprint density at radius 3 is 2.55 bits per heavy atom. The van der Waals surface area contributed by atoms with E-state index < -0.39 is 17.2 Å². The van der Waals surface area contributed by atoms with Gasteiger partial charge in [0.25, 0.3) is 5.56 Å². The second kappa shape index (κ2) is 8.62. The highest BCUT2D eigenvalue weighted by molar-refractivity contribution is 5.91. The number of rotatable bonds is 6. The number of nitrogens with zero attached hydrogens (tertiary/aromatic N) is 4. The standard InChI is InChI=1S/C22H19N5O4/c1-31-17-9-5-6-15(12-17)13-27-21(29)19-20(24-11-10-23-19)26(22(27)30)14-18(28)25-16-7-3-2-4-8-16/h2-12H,13-14H2,1H3,(H,25,28). The predicted molar refractivity (Wildman–Crippen MR) is 115 cm³/mol. The maximum Gasteiger partial charge on any atom is 0.333 e. The van der Waals surface area contributed by atoms with Gasteiger partial charge < -0.3 is 10.1 Å². The van der Waals surface area contributed by atoms with Crippen LogP contribution in [0.2, 0.25) is 0 Å². The molecule has 9 heteroatoms. The number of fused-ring (bicyclic) bond motifs is 1. The normalized spacial score (nSPS) is 10.7. The number of hydrogen-bond donors (Lipinski definition) is 1. The summed E-state index contributed by atoms with van der Waals surface area (Å²) in [5.74, 6) is 0.181. The van der Waals surface area contributed by atoms with Crippen LogP contribution in [0, 0.1) is 0 Å². The molecule has 0 unspecified atom stereocenters. The lowest BCUT2D eigenvalue weighted by atomic mass is 10.2. The van der Waals surface area contributed by atoms with Crippen molar-refractivity contribution >= 4 is 22.8 Å². The highest BCUT2D eigenvalue weighted by atomic mass is 16.5. The van der Waals surface area contributed by atoms with Gasteiger partial charge in [-0.15, -0.1) is 0 Å². The summed E-state index contributed by atoms with van der Waals surface area (Å²) >= 11 is 0. The van der Waals surface area contributed by atoms with Crippen molar-refractivity contribution in [3.63, 3.8) is 0 Å². The van der Waals surface area contributed by atoms with Gasteiger partial charge >= 0.3 is 5.69 Å². The first kappa shape index (κ1) is 20.0. The molecule has 4 aromatic rings. The first-order chi connectivity index (χ1) is 15.1. The molecule has 2 aromatic carbocycles. The minimum absolute atomic E-state index is 0.00167. The number of benzene rings is 2. The van der Waals surface area contributed by atoms with E-state index in [2.05, 4.69) is 15.3 Å². The molecule has 31 heavy (non-hydrogen) atoms. The molecule has 0 saturated heterocycles. The van der Waals surface area contributed by atoms with E-state index in [1.165, 1.54) is 19.5 Å². The number of para-hydroxylation sites is 1. The number of amides is 1. The molecule has 1 amide bonds. The quantitative estimate of drug-likeness (QED) is 0.511. The van der Waals surface area contributed by atoms with Crippen LogP contribution in [0.15, 0.2) is 76.6 Å². The van der Waals surface area contributed by atoms with Crippen molar-refractivity contribution in [2.75, 3.05) is 12.4 Å². The second-order valence-corrected chi connectivity index (χ2v) is 6.75. The van der Waals surface area contributed by atoms with E-state index in [-0.39, 0.29) is 24.3 Å². The average molecular weight is 417 g/mol. The van der Waals surface area contributed by atoms with Crippen LogP contribution in [0.4, 0.5) is 5.69 Å². The Bertz CT molecular complexity index is 1360. The van der Waals surface area contributed by atoms with Gasteiger partial charge in [0.2, 0.25) is 5.91 Å². The molecule has 1 N–H and O–H groups in total. The molecular formula is C22H19N5O4. The lowest BCUT2D eigenvalue weighted by Gasteiger charge is -2.13. The van der Waals surface area contributed by atoms with Crippen molar-refractivity contribution in [3.05, 3.63) is 93.4 Å². The monoisotopic (exact) mass is 417 g/mol. The van der Waals surface area contributed by atoms with Crippen molar-refractivity contribution in [3.8, 4) is 5.75 Å². The number of methoxy groups -OCH3 is 1. The van der Waals surface area contributed by atoms with Crippen molar-refractivity contribution in [2.24, 2.45) is 0 Å². The summed E-state index contributed by atoms with van der Waals surface area (Å²) in [6.45, 7) is -0.316. The van der Waals surface area contributed by atoms with Gasteiger partial charge in [0.15, 0.2) is 11.2 Å². The summed E-state index contributed by atoms with van der Waals surface area (Å²) in [5, 5.41) is 2.73. The van der Waals surface area contributed by atoms with Crippen LogP contribution in [0.1, 0.15) is 5.56 Å². The van der Waals surface area contributed by atoms with Gasteiger partial charge in [-0.1, -0.05) is 30.3 Å². The van der Waals surface area contributed by atoms with Crippen molar-refractivity contribution in [2.45, 2.75) is 13.1 Å². The fraction of sp³-hybridized carbons (Fsp3) is 0.136. The molecule has 0 spiro atoms. The molecule has 0 aliphatic heterocycles. The number of anilines is 1. The number of aromatic nitrogens is 4. The summed E-state index contributed by atoms with van der Waals surface area (Å²) in [7, 11) is 1.54. The molecule has 9 nitrogen and oxygen atoms in total. The molecule has 2 aromatic heterocycles. The van der Waals surface area contributed by atoms with E-state index >= 15 is 0 Å². The number of ether oxygens (including phenoxy) is 1. The molecule has 0 bridgehead atoms. The number of hydrogen-bond acceptors (Lipinski definition) is 6. The molecule has 156 valence electrons. The van der Waals surface area contributed by atoms with E-state index in [9.17, 15) is 14.4 Å².